The number of hydrogen-bond acceptors (Lipinski definition) is 3. The van der Waals surface area contributed by atoms with Crippen LogP contribution in [0.2, 0.25) is 5.02 Å². The number of rotatable bonds is 4. The molecule has 6 heteroatoms. The summed E-state index contributed by atoms with van der Waals surface area (Å²) in [6, 6.07) is 6.89. The Kier molecular flexibility index (Phi) is 4.98. The maximum Gasteiger partial charge on any atom is 0.173 e. The van der Waals surface area contributed by atoms with E-state index >= 15 is 0 Å². The van der Waals surface area contributed by atoms with Gasteiger partial charge in [0.05, 0.1) is 24.1 Å². The molecule has 2 aromatic rings. The van der Waals surface area contributed by atoms with Gasteiger partial charge in [-0.15, -0.1) is 0 Å². The maximum absolute atomic E-state index is 14.2. The third kappa shape index (κ3) is 3.29. The Labute approximate surface area is 129 Å². The van der Waals surface area contributed by atoms with Crippen molar-refractivity contribution in [2.24, 2.45) is 0 Å². The van der Waals surface area contributed by atoms with Gasteiger partial charge < -0.3 is 10.1 Å². The summed E-state index contributed by atoms with van der Waals surface area (Å²) < 4.78 is 19.7. The van der Waals surface area contributed by atoms with E-state index in [0.717, 1.165) is 4.47 Å². The third-order valence-corrected chi connectivity index (χ3v) is 3.80. The van der Waals surface area contributed by atoms with Gasteiger partial charge in [-0.1, -0.05) is 17.7 Å². The molecule has 3 nitrogen and oxygen atoms in total. The Morgan fingerprint density at radius 2 is 2.20 bits per heavy atom. The second-order valence-corrected chi connectivity index (χ2v) is 5.06. The highest BCUT2D eigenvalue weighted by molar-refractivity contribution is 9.10. The zero-order valence-electron chi connectivity index (χ0n) is 10.5. The predicted octanol–water partition coefficient (Wildman–Crippen LogP) is 5.00. The number of halogens is 3. The molecule has 0 aliphatic carbocycles. The smallest absolute Gasteiger partial charge is 0.173 e. The molecule has 0 saturated heterocycles. The van der Waals surface area contributed by atoms with Crippen LogP contribution in [0.3, 0.4) is 0 Å². The Balaban J connectivity index is 2.34. The summed E-state index contributed by atoms with van der Waals surface area (Å²) in [4.78, 5) is 3.98. The summed E-state index contributed by atoms with van der Waals surface area (Å²) >= 11 is 9.44. The fourth-order valence-corrected chi connectivity index (χ4v) is 2.08. The van der Waals surface area contributed by atoms with Crippen molar-refractivity contribution in [1.29, 1.82) is 0 Å². The first kappa shape index (κ1) is 14.8. The molecule has 1 heterocycles. The van der Waals surface area contributed by atoms with Crippen LogP contribution in [0.1, 0.15) is 5.56 Å². The fourth-order valence-electron chi connectivity index (χ4n) is 1.54. The van der Waals surface area contributed by atoms with Crippen LogP contribution in [-0.4, -0.2) is 12.1 Å². The summed E-state index contributed by atoms with van der Waals surface area (Å²) in [6.45, 7) is 0. The van der Waals surface area contributed by atoms with E-state index in [0.29, 0.717) is 16.3 Å². The summed E-state index contributed by atoms with van der Waals surface area (Å²) in [5, 5.41) is 3.34. The topological polar surface area (TPSA) is 34.1 Å². The minimum Gasteiger partial charge on any atom is -0.504 e. The number of hydrogen-bond donors (Lipinski definition) is 1. The lowest BCUT2D eigenvalue weighted by molar-refractivity contribution is 0.341. The van der Waals surface area contributed by atoms with Crippen LogP contribution in [0.4, 0.5) is 15.9 Å². The second-order valence-electron chi connectivity index (χ2n) is 3.83. The molecule has 0 unspecified atom stereocenters. The van der Waals surface area contributed by atoms with Gasteiger partial charge in [-0.25, -0.2) is 9.37 Å². The van der Waals surface area contributed by atoms with Crippen molar-refractivity contribution in [2.75, 3.05) is 12.4 Å². The van der Waals surface area contributed by atoms with Crippen LogP contribution in [-0.2, 0) is 4.74 Å². The molecule has 0 radical (unpaired) electrons. The van der Waals surface area contributed by atoms with E-state index in [2.05, 4.69) is 26.2 Å². The number of pyridine rings is 1. The molecule has 0 atom stereocenters. The predicted molar refractivity (Wildman–Crippen MR) is 82.7 cm³/mol. The van der Waals surface area contributed by atoms with Crippen molar-refractivity contribution in [3.63, 3.8) is 0 Å². The monoisotopic (exact) mass is 356 g/mol. The van der Waals surface area contributed by atoms with Gasteiger partial charge in [-0.3, -0.25) is 0 Å². The lowest BCUT2D eigenvalue weighted by Gasteiger charge is -2.10. The van der Waals surface area contributed by atoms with Crippen molar-refractivity contribution >= 4 is 45.1 Å². The summed E-state index contributed by atoms with van der Waals surface area (Å²) in [6.07, 6.45) is 4.42. The van der Waals surface area contributed by atoms with E-state index in [4.69, 9.17) is 16.3 Å². The summed E-state index contributed by atoms with van der Waals surface area (Å²) in [7, 11) is 1.50. The van der Waals surface area contributed by atoms with Crippen molar-refractivity contribution in [2.45, 2.75) is 0 Å². The fraction of sp³-hybridized carbons (Fsp3) is 0.0714. The first-order chi connectivity index (χ1) is 9.63. The molecule has 0 fully saturated rings. The van der Waals surface area contributed by atoms with Gasteiger partial charge >= 0.3 is 0 Å². The molecule has 0 aliphatic heterocycles. The molecule has 1 aromatic carbocycles. The van der Waals surface area contributed by atoms with Gasteiger partial charge in [-0.05, 0) is 40.2 Å². The van der Waals surface area contributed by atoms with Crippen molar-refractivity contribution in [3.8, 4) is 0 Å². The molecule has 1 aromatic heterocycles. The number of nitrogens with zero attached hydrogens (tertiary/aromatic N) is 1. The van der Waals surface area contributed by atoms with Gasteiger partial charge in [0, 0.05) is 16.2 Å². The lowest BCUT2D eigenvalue weighted by Crippen LogP contribution is -1.99. The van der Waals surface area contributed by atoms with Crippen molar-refractivity contribution in [3.05, 3.63) is 57.6 Å². The van der Waals surface area contributed by atoms with E-state index in [-0.39, 0.29) is 5.82 Å². The number of methoxy groups -OCH3 is 1. The van der Waals surface area contributed by atoms with Gasteiger partial charge in [0.1, 0.15) is 0 Å². The Morgan fingerprint density at radius 1 is 1.40 bits per heavy atom. The maximum atomic E-state index is 14.2. The Morgan fingerprint density at radius 3 is 2.95 bits per heavy atom. The van der Waals surface area contributed by atoms with Crippen LogP contribution in [0.15, 0.2) is 41.2 Å². The molecule has 104 valence electrons. The normalized spacial score (nSPS) is 10.8. The SMILES string of the molecule is CO/C=C/c1ccnc(Nc2cccc(Br)c2Cl)c1F. The number of aromatic nitrogens is 1. The molecular weight excluding hydrogens is 347 g/mol. The number of ether oxygens (including phenoxy) is 1. The molecule has 20 heavy (non-hydrogen) atoms. The quantitative estimate of drug-likeness (QED) is 0.782. The molecule has 2 rings (SSSR count). The molecular formula is C14H11BrClFN2O. The van der Waals surface area contributed by atoms with Gasteiger partial charge in [-0.2, -0.15) is 0 Å². The van der Waals surface area contributed by atoms with Crippen LogP contribution in [0.25, 0.3) is 6.08 Å². The molecule has 0 amide bonds. The van der Waals surface area contributed by atoms with Gasteiger partial charge in [0.25, 0.3) is 0 Å². The molecule has 0 bridgehead atoms. The highest BCUT2D eigenvalue weighted by Gasteiger charge is 2.10. The average Bonchev–Trinajstić information content (AvgIpc) is 2.44. The standard InChI is InChI=1S/C14H11BrClFN2O/c1-20-8-6-9-5-7-18-14(13(9)17)19-11-4-2-3-10(15)12(11)16/h2-8H,1H3,(H,18,19)/b8-6+. The highest BCUT2D eigenvalue weighted by atomic mass is 79.9. The van der Waals surface area contributed by atoms with E-state index in [1.807, 2.05) is 0 Å². The molecule has 1 N–H and O–H groups in total. The van der Waals surface area contributed by atoms with E-state index in [1.165, 1.54) is 25.6 Å². The number of anilines is 2. The first-order valence-corrected chi connectivity index (χ1v) is 6.85. The summed E-state index contributed by atoms with van der Waals surface area (Å²) in [5.74, 6) is -0.375. The highest BCUT2D eigenvalue weighted by Crippen LogP contribution is 2.32. The minimum atomic E-state index is -0.475. The van der Waals surface area contributed by atoms with Gasteiger partial charge in [0.2, 0.25) is 0 Å². The zero-order valence-corrected chi connectivity index (χ0v) is 12.9. The largest absolute Gasteiger partial charge is 0.504 e. The van der Waals surface area contributed by atoms with Crippen LogP contribution < -0.4 is 5.32 Å². The van der Waals surface area contributed by atoms with Crippen LogP contribution in [0.5, 0.6) is 0 Å². The second kappa shape index (κ2) is 6.72. The van der Waals surface area contributed by atoms with E-state index in [1.54, 1.807) is 24.3 Å². The van der Waals surface area contributed by atoms with Crippen LogP contribution >= 0.6 is 27.5 Å². The molecule has 0 aliphatic rings. The zero-order chi connectivity index (χ0) is 14.5. The summed E-state index contributed by atoms with van der Waals surface area (Å²) in [5.41, 5.74) is 0.941. The molecule has 0 saturated carbocycles. The van der Waals surface area contributed by atoms with Gasteiger partial charge in [0.15, 0.2) is 11.6 Å². The average molecular weight is 358 g/mol. The molecule has 0 spiro atoms. The lowest BCUT2D eigenvalue weighted by atomic mass is 10.2. The van der Waals surface area contributed by atoms with Crippen molar-refractivity contribution < 1.29 is 9.13 Å². The Bertz CT molecular complexity index is 649. The first-order valence-electron chi connectivity index (χ1n) is 5.68. The number of nitrogens with one attached hydrogen (secondary N) is 1. The van der Waals surface area contributed by atoms with E-state index < -0.39 is 5.82 Å². The van der Waals surface area contributed by atoms with E-state index in [9.17, 15) is 4.39 Å². The third-order valence-electron chi connectivity index (χ3n) is 2.51. The van der Waals surface area contributed by atoms with Crippen LogP contribution in [0, 0.1) is 5.82 Å². The Hall–Kier alpha value is -1.59. The minimum absolute atomic E-state index is 0.100. The number of benzene rings is 1. The van der Waals surface area contributed by atoms with Crippen molar-refractivity contribution in [1.82, 2.24) is 4.98 Å².